The predicted molar refractivity (Wildman–Crippen MR) is 79.9 cm³/mol. The lowest BCUT2D eigenvalue weighted by Crippen LogP contribution is -2.38. The normalized spacial score (nSPS) is 21.2. The van der Waals surface area contributed by atoms with Crippen molar-refractivity contribution >= 4 is 0 Å². The number of nitrogens with one attached hydrogen (secondary N) is 2. The van der Waals surface area contributed by atoms with Gasteiger partial charge >= 0.3 is 0 Å². The first-order valence-corrected chi connectivity index (χ1v) is 7.20. The highest BCUT2D eigenvalue weighted by Gasteiger charge is 2.27. The van der Waals surface area contributed by atoms with Crippen LogP contribution in [0.1, 0.15) is 35.6 Å². The number of ether oxygens (including phenoxy) is 1. The molecule has 2 rings (SSSR count). The molecule has 1 aromatic rings. The maximum atomic E-state index is 5.62. The second-order valence-corrected chi connectivity index (χ2v) is 5.57. The van der Waals surface area contributed by atoms with E-state index in [1.54, 1.807) is 7.11 Å². The van der Waals surface area contributed by atoms with Crippen molar-refractivity contribution < 1.29 is 4.74 Å². The summed E-state index contributed by atoms with van der Waals surface area (Å²) in [6.07, 6.45) is 2.53. The quantitative estimate of drug-likeness (QED) is 0.875. The van der Waals surface area contributed by atoms with Crippen molar-refractivity contribution in [2.45, 2.75) is 32.7 Å². The zero-order chi connectivity index (χ0) is 13.8. The van der Waals surface area contributed by atoms with Gasteiger partial charge in [0, 0.05) is 11.6 Å². The highest BCUT2D eigenvalue weighted by molar-refractivity contribution is 5.45. The molecule has 2 atom stereocenters. The van der Waals surface area contributed by atoms with Crippen molar-refractivity contribution in [3.05, 3.63) is 28.8 Å². The molecule has 2 N–H and O–H groups in total. The Morgan fingerprint density at radius 3 is 2.74 bits per heavy atom. The third-order valence-electron chi connectivity index (χ3n) is 4.14. The summed E-state index contributed by atoms with van der Waals surface area (Å²) in [6.45, 7) is 6.54. The first-order valence-electron chi connectivity index (χ1n) is 7.20. The Morgan fingerprint density at radius 1 is 1.37 bits per heavy atom. The average molecular weight is 262 g/mol. The van der Waals surface area contributed by atoms with Crippen molar-refractivity contribution in [3.8, 4) is 5.75 Å². The summed E-state index contributed by atoms with van der Waals surface area (Å²) >= 11 is 0. The topological polar surface area (TPSA) is 33.3 Å². The van der Waals surface area contributed by atoms with Gasteiger partial charge in [-0.15, -0.1) is 0 Å². The highest BCUT2D eigenvalue weighted by atomic mass is 16.5. The van der Waals surface area contributed by atoms with Crippen molar-refractivity contribution in [2.75, 3.05) is 27.2 Å². The van der Waals surface area contributed by atoms with Gasteiger partial charge in [-0.1, -0.05) is 6.07 Å². The van der Waals surface area contributed by atoms with Crippen LogP contribution in [0.3, 0.4) is 0 Å². The minimum atomic E-state index is 0.364. The average Bonchev–Trinajstić information content (AvgIpc) is 2.42. The van der Waals surface area contributed by atoms with Crippen LogP contribution < -0.4 is 15.4 Å². The number of methoxy groups -OCH3 is 1. The lowest BCUT2D eigenvalue weighted by atomic mass is 9.84. The maximum Gasteiger partial charge on any atom is 0.124 e. The first kappa shape index (κ1) is 14.4. The fourth-order valence-corrected chi connectivity index (χ4v) is 3.29. The predicted octanol–water partition coefficient (Wildman–Crippen LogP) is 2.57. The van der Waals surface area contributed by atoms with Crippen LogP contribution in [-0.2, 0) is 0 Å². The van der Waals surface area contributed by atoms with E-state index in [9.17, 15) is 0 Å². The van der Waals surface area contributed by atoms with E-state index in [0.29, 0.717) is 12.0 Å². The van der Waals surface area contributed by atoms with E-state index >= 15 is 0 Å². The molecule has 2 unspecified atom stereocenters. The SMILES string of the molecule is CNC(c1c(C)cc(C)cc1OC)C1CCCNC1. The number of benzene rings is 1. The lowest BCUT2D eigenvalue weighted by Gasteiger charge is -2.32. The minimum Gasteiger partial charge on any atom is -0.496 e. The molecule has 0 aliphatic carbocycles. The third-order valence-corrected chi connectivity index (χ3v) is 4.14. The molecule has 0 amide bonds. The van der Waals surface area contributed by atoms with E-state index in [1.165, 1.54) is 29.5 Å². The van der Waals surface area contributed by atoms with Gasteiger partial charge in [-0.05, 0) is 69.9 Å². The fraction of sp³-hybridized carbons (Fsp3) is 0.625. The van der Waals surface area contributed by atoms with Crippen molar-refractivity contribution in [1.29, 1.82) is 0 Å². The summed E-state index contributed by atoms with van der Waals surface area (Å²) in [7, 11) is 3.82. The van der Waals surface area contributed by atoms with Crippen LogP contribution in [0.5, 0.6) is 5.75 Å². The molecule has 19 heavy (non-hydrogen) atoms. The van der Waals surface area contributed by atoms with E-state index < -0.39 is 0 Å². The zero-order valence-electron chi connectivity index (χ0n) is 12.5. The molecule has 0 aromatic heterocycles. The van der Waals surface area contributed by atoms with Crippen LogP contribution in [0.15, 0.2) is 12.1 Å². The molecule has 0 saturated carbocycles. The van der Waals surface area contributed by atoms with Gasteiger partial charge in [-0.2, -0.15) is 0 Å². The van der Waals surface area contributed by atoms with Crippen LogP contribution in [-0.4, -0.2) is 27.2 Å². The number of hydrogen-bond acceptors (Lipinski definition) is 3. The molecule has 1 fully saturated rings. The molecule has 1 aromatic carbocycles. The van der Waals surface area contributed by atoms with E-state index in [1.807, 2.05) is 0 Å². The first-order chi connectivity index (χ1) is 9.17. The molecular formula is C16H26N2O. The summed E-state index contributed by atoms with van der Waals surface area (Å²) < 4.78 is 5.62. The molecule has 3 heteroatoms. The van der Waals surface area contributed by atoms with Crippen LogP contribution in [0.4, 0.5) is 0 Å². The van der Waals surface area contributed by atoms with E-state index in [0.717, 1.165) is 18.8 Å². The van der Waals surface area contributed by atoms with Gasteiger partial charge in [0.05, 0.1) is 7.11 Å². The Hall–Kier alpha value is -1.06. The van der Waals surface area contributed by atoms with Crippen LogP contribution in [0.25, 0.3) is 0 Å². The molecule has 0 radical (unpaired) electrons. The fourth-order valence-electron chi connectivity index (χ4n) is 3.29. The number of rotatable bonds is 4. The Labute approximate surface area is 116 Å². The minimum absolute atomic E-state index is 0.364. The van der Waals surface area contributed by atoms with Gasteiger partial charge in [-0.3, -0.25) is 0 Å². The largest absolute Gasteiger partial charge is 0.496 e. The number of hydrogen-bond donors (Lipinski definition) is 2. The van der Waals surface area contributed by atoms with Gasteiger partial charge in [0.15, 0.2) is 0 Å². The van der Waals surface area contributed by atoms with E-state index in [2.05, 4.69) is 43.7 Å². The molecule has 3 nitrogen and oxygen atoms in total. The van der Waals surface area contributed by atoms with Gasteiger partial charge < -0.3 is 15.4 Å². The van der Waals surface area contributed by atoms with Crippen LogP contribution in [0, 0.1) is 19.8 Å². The van der Waals surface area contributed by atoms with Gasteiger partial charge in [0.1, 0.15) is 5.75 Å². The molecular weight excluding hydrogens is 236 g/mol. The molecule has 1 aliphatic heterocycles. The standard InChI is InChI=1S/C16H26N2O/c1-11-8-12(2)15(14(9-11)19-4)16(17-3)13-6-5-7-18-10-13/h8-9,13,16-18H,5-7,10H2,1-4H3. The molecule has 1 heterocycles. The summed E-state index contributed by atoms with van der Waals surface area (Å²) in [5.74, 6) is 1.65. The summed E-state index contributed by atoms with van der Waals surface area (Å²) in [5.41, 5.74) is 3.90. The molecule has 106 valence electrons. The van der Waals surface area contributed by atoms with Crippen molar-refractivity contribution in [3.63, 3.8) is 0 Å². The van der Waals surface area contributed by atoms with E-state index in [-0.39, 0.29) is 0 Å². The van der Waals surface area contributed by atoms with E-state index in [4.69, 9.17) is 4.74 Å². The molecule has 0 spiro atoms. The summed E-state index contributed by atoms with van der Waals surface area (Å²) in [4.78, 5) is 0. The van der Waals surface area contributed by atoms with Crippen LogP contribution >= 0.6 is 0 Å². The monoisotopic (exact) mass is 262 g/mol. The third kappa shape index (κ3) is 3.10. The molecule has 1 saturated heterocycles. The van der Waals surface area contributed by atoms with Crippen molar-refractivity contribution in [2.24, 2.45) is 5.92 Å². The smallest absolute Gasteiger partial charge is 0.124 e. The van der Waals surface area contributed by atoms with Crippen molar-refractivity contribution in [1.82, 2.24) is 10.6 Å². The maximum absolute atomic E-state index is 5.62. The number of piperidine rings is 1. The second kappa shape index (κ2) is 6.40. The molecule has 1 aliphatic rings. The molecule has 0 bridgehead atoms. The Kier molecular flexibility index (Phi) is 4.83. The van der Waals surface area contributed by atoms with Gasteiger partial charge in [0.25, 0.3) is 0 Å². The highest BCUT2D eigenvalue weighted by Crippen LogP contribution is 2.36. The lowest BCUT2D eigenvalue weighted by molar-refractivity contribution is 0.290. The summed E-state index contributed by atoms with van der Waals surface area (Å²) in [5, 5.41) is 7.01. The summed E-state index contributed by atoms with van der Waals surface area (Å²) in [6, 6.07) is 4.75. The zero-order valence-corrected chi connectivity index (χ0v) is 12.5. The Morgan fingerprint density at radius 2 is 2.16 bits per heavy atom. The Bertz CT molecular complexity index is 425. The second-order valence-electron chi connectivity index (χ2n) is 5.57. The number of aryl methyl sites for hydroxylation is 2. The van der Waals surface area contributed by atoms with Gasteiger partial charge in [-0.25, -0.2) is 0 Å². The van der Waals surface area contributed by atoms with Gasteiger partial charge in [0.2, 0.25) is 0 Å². The Balaban J connectivity index is 2.36. The van der Waals surface area contributed by atoms with Crippen LogP contribution in [0.2, 0.25) is 0 Å².